The third-order valence-electron chi connectivity index (χ3n) is 3.45. The number of nitrogens with one attached hydrogen (secondary N) is 2. The molecule has 0 atom stereocenters. The minimum Gasteiger partial charge on any atom is -0.365 e. The highest BCUT2D eigenvalue weighted by molar-refractivity contribution is 7.94. The van der Waals surface area contributed by atoms with Crippen LogP contribution in [0.5, 0.6) is 0 Å². The second kappa shape index (κ2) is 6.13. The predicted molar refractivity (Wildman–Crippen MR) is 91.1 cm³/mol. The first-order valence-electron chi connectivity index (χ1n) is 6.84. The highest BCUT2D eigenvalue weighted by Crippen LogP contribution is 2.28. The van der Waals surface area contributed by atoms with E-state index in [2.05, 4.69) is 15.2 Å². The van der Waals surface area contributed by atoms with Gasteiger partial charge in [-0.2, -0.15) is 5.10 Å². The molecule has 3 aromatic rings. The lowest BCUT2D eigenvalue weighted by molar-refractivity contribution is 0.582. The number of nitrogen functional groups attached to an aromatic ring is 1. The summed E-state index contributed by atoms with van der Waals surface area (Å²) < 4.78 is 51.8. The molecule has 0 bridgehead atoms. The van der Waals surface area contributed by atoms with E-state index in [-0.39, 0.29) is 25.3 Å². The van der Waals surface area contributed by atoms with Gasteiger partial charge in [-0.25, -0.2) is 21.5 Å². The zero-order chi connectivity index (χ0) is 18.2. The summed E-state index contributed by atoms with van der Waals surface area (Å²) >= 11 is 4.84. The fraction of sp³-hybridized carbons (Fsp3) is 0.0769. The number of nitrogens with two attached hydrogens (primary N) is 1. The van der Waals surface area contributed by atoms with Crippen molar-refractivity contribution in [2.24, 2.45) is 0 Å². The zero-order valence-corrected chi connectivity index (χ0v) is 15.0. The highest BCUT2D eigenvalue weighted by Gasteiger charge is 2.30. The van der Waals surface area contributed by atoms with Crippen molar-refractivity contribution in [3.63, 3.8) is 0 Å². The topological polar surface area (TPSA) is 144 Å². The Balaban J connectivity index is 2.07. The zero-order valence-electron chi connectivity index (χ0n) is 12.6. The van der Waals surface area contributed by atoms with Gasteiger partial charge in [0.25, 0.3) is 0 Å². The summed E-state index contributed by atoms with van der Waals surface area (Å²) in [7, 11) is -8.04. The molecule has 9 nitrogen and oxygen atoms in total. The summed E-state index contributed by atoms with van der Waals surface area (Å²) in [6, 6.07) is 7.56. The van der Waals surface area contributed by atoms with Gasteiger partial charge >= 0.3 is 0 Å². The maximum atomic E-state index is 12.7. The van der Waals surface area contributed by atoms with Gasteiger partial charge in [-0.15, -0.1) is 0 Å². The molecule has 2 aromatic heterocycles. The Labute approximate surface area is 148 Å². The van der Waals surface area contributed by atoms with Crippen LogP contribution >= 0.6 is 12.2 Å². The van der Waals surface area contributed by atoms with Gasteiger partial charge in [0.2, 0.25) is 14.6 Å². The number of hydrogen-bond donors (Lipinski definition) is 3. The number of rotatable bonds is 5. The van der Waals surface area contributed by atoms with Crippen LogP contribution in [0.25, 0.3) is 0 Å². The van der Waals surface area contributed by atoms with Crippen LogP contribution in [0.15, 0.2) is 57.4 Å². The average Bonchev–Trinajstić information content (AvgIpc) is 3.19. The summed E-state index contributed by atoms with van der Waals surface area (Å²) in [5, 5.41) is 6.12. The van der Waals surface area contributed by atoms with Gasteiger partial charge in [0.15, 0.2) is 15.7 Å². The van der Waals surface area contributed by atoms with Crippen LogP contribution in [0.3, 0.4) is 0 Å². The lowest BCUT2D eigenvalue weighted by Gasteiger charge is -2.07. The normalized spacial score (nSPS) is 12.3. The maximum Gasteiger partial charge on any atom is 0.214 e. The number of aromatic nitrogens is 4. The summed E-state index contributed by atoms with van der Waals surface area (Å²) in [5.74, 6) is 4.97. The Kier molecular flexibility index (Phi) is 4.26. The third-order valence-corrected chi connectivity index (χ3v) is 7.32. The standard InChI is InChI=1S/C13H13N5O4S3/c14-18-12(16-17-13(18)23)8-24(19,20)10-6-15-7-11(10)25(21,22)9-4-2-1-3-5-9/h1-7,15H,8,14H2,(H,17,23). The van der Waals surface area contributed by atoms with Crippen LogP contribution in [-0.2, 0) is 25.4 Å². The van der Waals surface area contributed by atoms with Crippen molar-refractivity contribution in [2.75, 3.05) is 5.84 Å². The van der Waals surface area contributed by atoms with Gasteiger partial charge in [0, 0.05) is 12.4 Å². The molecule has 0 saturated heterocycles. The summed E-state index contributed by atoms with van der Waals surface area (Å²) in [6.45, 7) is 0. The van der Waals surface area contributed by atoms with E-state index in [9.17, 15) is 16.8 Å². The molecule has 0 unspecified atom stereocenters. The molecule has 4 N–H and O–H groups in total. The van der Waals surface area contributed by atoms with Gasteiger partial charge in [-0.3, -0.25) is 5.10 Å². The molecular formula is C13H13N5O4S3. The molecule has 3 rings (SSSR count). The molecule has 0 amide bonds. The van der Waals surface area contributed by atoms with Gasteiger partial charge in [-0.1, -0.05) is 18.2 Å². The van der Waals surface area contributed by atoms with Crippen LogP contribution in [0.2, 0.25) is 0 Å². The van der Waals surface area contributed by atoms with Crippen LogP contribution in [-0.4, -0.2) is 36.7 Å². The van der Waals surface area contributed by atoms with Crippen LogP contribution in [0.1, 0.15) is 5.82 Å². The van der Waals surface area contributed by atoms with E-state index in [4.69, 9.17) is 18.1 Å². The number of benzene rings is 1. The molecule has 0 spiro atoms. The largest absolute Gasteiger partial charge is 0.365 e. The van der Waals surface area contributed by atoms with Crippen molar-refractivity contribution in [3.05, 3.63) is 53.3 Å². The van der Waals surface area contributed by atoms with E-state index in [1.54, 1.807) is 18.2 Å². The van der Waals surface area contributed by atoms with Crippen LogP contribution < -0.4 is 5.84 Å². The first-order valence-corrected chi connectivity index (χ1v) is 10.4. The molecule has 0 fully saturated rings. The molecule has 0 radical (unpaired) electrons. The Morgan fingerprint density at radius 2 is 1.72 bits per heavy atom. The fourth-order valence-corrected chi connectivity index (χ4v) is 5.69. The predicted octanol–water partition coefficient (Wildman–Crippen LogP) is 0.789. The van der Waals surface area contributed by atoms with Gasteiger partial charge in [0.1, 0.15) is 15.5 Å². The molecular weight excluding hydrogens is 386 g/mol. The minimum atomic E-state index is -4.04. The van der Waals surface area contributed by atoms with Crippen molar-refractivity contribution < 1.29 is 16.8 Å². The quantitative estimate of drug-likeness (QED) is 0.425. The monoisotopic (exact) mass is 399 g/mol. The molecule has 0 aliphatic rings. The second-order valence-electron chi connectivity index (χ2n) is 5.07. The Bertz CT molecular complexity index is 1170. The number of aromatic amines is 2. The van der Waals surface area contributed by atoms with Crippen LogP contribution in [0, 0.1) is 4.77 Å². The average molecular weight is 399 g/mol. The molecule has 2 heterocycles. The van der Waals surface area contributed by atoms with Gasteiger partial charge in [-0.05, 0) is 24.4 Å². The molecule has 12 heteroatoms. The van der Waals surface area contributed by atoms with E-state index in [1.165, 1.54) is 12.1 Å². The smallest absolute Gasteiger partial charge is 0.214 e. The molecule has 25 heavy (non-hydrogen) atoms. The maximum absolute atomic E-state index is 12.7. The molecule has 0 aliphatic heterocycles. The fourth-order valence-electron chi connectivity index (χ4n) is 2.20. The van der Waals surface area contributed by atoms with Crippen molar-refractivity contribution in [3.8, 4) is 0 Å². The molecule has 1 aromatic carbocycles. The Morgan fingerprint density at radius 3 is 2.32 bits per heavy atom. The third kappa shape index (κ3) is 3.10. The van der Waals surface area contributed by atoms with E-state index in [0.717, 1.165) is 17.1 Å². The first-order chi connectivity index (χ1) is 11.7. The van der Waals surface area contributed by atoms with E-state index < -0.39 is 25.4 Å². The van der Waals surface area contributed by atoms with Crippen molar-refractivity contribution in [1.29, 1.82) is 0 Å². The molecule has 132 valence electrons. The molecule has 0 saturated carbocycles. The van der Waals surface area contributed by atoms with E-state index in [0.29, 0.717) is 0 Å². The van der Waals surface area contributed by atoms with E-state index in [1.807, 2.05) is 0 Å². The summed E-state index contributed by atoms with van der Waals surface area (Å²) in [5.41, 5.74) is 0. The van der Waals surface area contributed by atoms with Gasteiger partial charge < -0.3 is 10.8 Å². The first kappa shape index (κ1) is 17.4. The summed E-state index contributed by atoms with van der Waals surface area (Å²) in [4.78, 5) is 1.84. The van der Waals surface area contributed by atoms with Gasteiger partial charge in [0.05, 0.1) is 4.90 Å². The molecule has 0 aliphatic carbocycles. The second-order valence-corrected chi connectivity index (χ2v) is 9.34. The lowest BCUT2D eigenvalue weighted by atomic mass is 10.4. The summed E-state index contributed by atoms with van der Waals surface area (Å²) in [6.07, 6.45) is 2.25. The number of H-pyrrole nitrogens is 2. The van der Waals surface area contributed by atoms with Crippen molar-refractivity contribution in [2.45, 2.75) is 20.4 Å². The SMILES string of the molecule is Nn1c(CS(=O)(=O)c2c[nH]cc2S(=O)(=O)c2ccccc2)n[nH]c1=S. The highest BCUT2D eigenvalue weighted by atomic mass is 32.2. The number of nitrogens with zero attached hydrogens (tertiary/aromatic N) is 2. The van der Waals surface area contributed by atoms with Crippen molar-refractivity contribution in [1.82, 2.24) is 19.9 Å². The van der Waals surface area contributed by atoms with Crippen molar-refractivity contribution >= 4 is 31.9 Å². The lowest BCUT2D eigenvalue weighted by Crippen LogP contribution is -2.17. The Morgan fingerprint density at radius 1 is 1.08 bits per heavy atom. The van der Waals surface area contributed by atoms with Crippen LogP contribution in [0.4, 0.5) is 0 Å². The number of hydrogen-bond acceptors (Lipinski definition) is 7. The number of sulfone groups is 2. The Hall–Kier alpha value is -2.44. The van der Waals surface area contributed by atoms with E-state index >= 15 is 0 Å². The minimum absolute atomic E-state index is 0.00690.